The lowest BCUT2D eigenvalue weighted by molar-refractivity contribution is -0.142. The number of carbonyl (C=O) groups excluding carboxylic acids is 3. The van der Waals surface area contributed by atoms with Gasteiger partial charge < -0.3 is 24.8 Å². The first kappa shape index (κ1) is 18.7. The van der Waals surface area contributed by atoms with Crippen LogP contribution in [0.4, 0.5) is 4.79 Å². The fourth-order valence-electron chi connectivity index (χ4n) is 1.41. The smallest absolute Gasteiger partial charge is 0.326 e. The van der Waals surface area contributed by atoms with Crippen LogP contribution in [0.2, 0.25) is 0 Å². The van der Waals surface area contributed by atoms with Crippen LogP contribution in [0.25, 0.3) is 0 Å². The number of esters is 2. The molecule has 9 heteroatoms. The van der Waals surface area contributed by atoms with Crippen molar-refractivity contribution in [3.05, 3.63) is 0 Å². The summed E-state index contributed by atoms with van der Waals surface area (Å²) in [5, 5.41) is 11.3. The van der Waals surface area contributed by atoms with Crippen molar-refractivity contribution in [1.29, 1.82) is 0 Å². The van der Waals surface area contributed by atoms with Crippen LogP contribution in [-0.2, 0) is 23.9 Å². The number of urea groups is 1. The maximum Gasteiger partial charge on any atom is 0.326 e. The molecule has 0 aromatic rings. The Kier molecular flexibility index (Phi) is 8.51. The van der Waals surface area contributed by atoms with Crippen LogP contribution in [-0.4, -0.2) is 67.3 Å². The van der Waals surface area contributed by atoms with Crippen LogP contribution in [0.5, 0.6) is 0 Å². The van der Waals surface area contributed by atoms with Gasteiger partial charge in [-0.25, -0.2) is 9.59 Å². The van der Waals surface area contributed by atoms with E-state index in [1.165, 1.54) is 14.2 Å². The Morgan fingerprint density at radius 2 is 1.71 bits per heavy atom. The number of rotatable bonds is 8. The Balaban J connectivity index is 4.60. The molecule has 0 aromatic heterocycles. The molecule has 120 valence electrons. The molecule has 0 aliphatic carbocycles. The lowest BCUT2D eigenvalue weighted by atomic mass is 10.1. The predicted octanol–water partition coefficient (Wildman–Crippen LogP) is -0.403. The Morgan fingerprint density at radius 1 is 1.14 bits per heavy atom. The summed E-state index contributed by atoms with van der Waals surface area (Å²) in [7, 11) is 2.37. The lowest BCUT2D eigenvalue weighted by Crippen LogP contribution is -2.49. The third-order valence-electron chi connectivity index (χ3n) is 2.68. The molecule has 0 unspecified atom stereocenters. The summed E-state index contributed by atoms with van der Waals surface area (Å²) in [6.07, 6.45) is -0.250. The summed E-state index contributed by atoms with van der Waals surface area (Å²) in [4.78, 5) is 46.2. The van der Waals surface area contributed by atoms with E-state index >= 15 is 0 Å². The first-order chi connectivity index (χ1) is 9.85. The van der Waals surface area contributed by atoms with Gasteiger partial charge in [-0.1, -0.05) is 0 Å². The highest BCUT2D eigenvalue weighted by Gasteiger charge is 2.24. The maximum atomic E-state index is 11.9. The number of carboxylic acids is 1. The first-order valence-electron chi connectivity index (χ1n) is 6.27. The number of aliphatic carboxylic acids is 1. The molecule has 0 heterocycles. The molecule has 0 aromatic carbocycles. The predicted molar refractivity (Wildman–Crippen MR) is 70.5 cm³/mol. The topological polar surface area (TPSA) is 122 Å². The van der Waals surface area contributed by atoms with Crippen molar-refractivity contribution in [1.82, 2.24) is 10.2 Å². The van der Waals surface area contributed by atoms with Crippen molar-refractivity contribution in [2.24, 2.45) is 0 Å². The van der Waals surface area contributed by atoms with E-state index in [1.807, 2.05) is 0 Å². The zero-order valence-corrected chi connectivity index (χ0v) is 12.2. The molecule has 0 fully saturated rings. The number of nitrogens with one attached hydrogen (secondary N) is 1. The quantitative estimate of drug-likeness (QED) is 0.585. The van der Waals surface area contributed by atoms with Crippen molar-refractivity contribution >= 4 is 23.9 Å². The van der Waals surface area contributed by atoms with E-state index in [1.54, 1.807) is 6.92 Å². The van der Waals surface area contributed by atoms with Crippen LogP contribution in [0.1, 0.15) is 19.8 Å². The van der Waals surface area contributed by atoms with E-state index in [9.17, 15) is 19.2 Å². The molecular formula is C12H20N2O7. The normalized spacial score (nSPS) is 11.2. The Hall–Kier alpha value is -2.32. The SMILES string of the molecule is CCN(CC(=O)OC)C(=O)N[C@H](CCC(=O)OC)C(=O)O. The molecule has 9 nitrogen and oxygen atoms in total. The Morgan fingerprint density at radius 3 is 2.14 bits per heavy atom. The molecule has 1 atom stereocenters. The highest BCUT2D eigenvalue weighted by atomic mass is 16.5. The number of carboxylic acid groups (broad SMARTS) is 1. The van der Waals surface area contributed by atoms with Gasteiger partial charge in [-0.05, 0) is 13.3 Å². The van der Waals surface area contributed by atoms with E-state index in [0.717, 1.165) is 4.90 Å². The standard InChI is InChI=1S/C12H20N2O7/c1-4-14(7-10(16)21-3)12(19)13-8(11(17)18)5-6-9(15)20-2/h8H,4-7H2,1-3H3,(H,13,19)(H,17,18)/t8-/m1/s1. The van der Waals surface area contributed by atoms with Gasteiger partial charge in [0.05, 0.1) is 14.2 Å². The zero-order valence-electron chi connectivity index (χ0n) is 12.2. The Bertz CT molecular complexity index is 397. The number of amides is 2. The van der Waals surface area contributed by atoms with E-state index in [2.05, 4.69) is 14.8 Å². The third kappa shape index (κ3) is 7.14. The second kappa shape index (κ2) is 9.56. The molecule has 0 radical (unpaired) electrons. The number of hydrogen-bond donors (Lipinski definition) is 2. The molecule has 0 aliphatic rings. The van der Waals surface area contributed by atoms with Crippen molar-refractivity contribution in [3.8, 4) is 0 Å². The molecule has 0 spiro atoms. The van der Waals surface area contributed by atoms with Gasteiger partial charge in [0.2, 0.25) is 0 Å². The number of likely N-dealkylation sites (N-methyl/N-ethyl adjacent to an activating group) is 1. The van der Waals surface area contributed by atoms with Crippen LogP contribution in [0.15, 0.2) is 0 Å². The van der Waals surface area contributed by atoms with E-state index < -0.39 is 30.0 Å². The number of nitrogens with zero attached hydrogens (tertiary/aromatic N) is 1. The molecule has 0 bridgehead atoms. The Labute approximate surface area is 122 Å². The minimum absolute atomic E-state index is 0.108. The van der Waals surface area contributed by atoms with Gasteiger partial charge in [0, 0.05) is 13.0 Å². The average Bonchev–Trinajstić information content (AvgIpc) is 2.47. The highest BCUT2D eigenvalue weighted by Crippen LogP contribution is 2.01. The molecule has 0 saturated heterocycles. The first-order valence-corrected chi connectivity index (χ1v) is 6.27. The van der Waals surface area contributed by atoms with Crippen molar-refractivity contribution in [2.45, 2.75) is 25.8 Å². The number of methoxy groups -OCH3 is 2. The van der Waals surface area contributed by atoms with Gasteiger partial charge in [-0.3, -0.25) is 9.59 Å². The van der Waals surface area contributed by atoms with Crippen LogP contribution < -0.4 is 5.32 Å². The molecule has 21 heavy (non-hydrogen) atoms. The van der Waals surface area contributed by atoms with Gasteiger partial charge in [0.1, 0.15) is 12.6 Å². The van der Waals surface area contributed by atoms with Gasteiger partial charge in [-0.15, -0.1) is 0 Å². The largest absolute Gasteiger partial charge is 0.480 e. The van der Waals surface area contributed by atoms with Crippen molar-refractivity contribution in [3.63, 3.8) is 0 Å². The molecule has 0 saturated carbocycles. The highest BCUT2D eigenvalue weighted by molar-refractivity contribution is 5.85. The van der Waals surface area contributed by atoms with Crippen LogP contribution >= 0.6 is 0 Å². The second-order valence-corrected chi connectivity index (χ2v) is 4.05. The van der Waals surface area contributed by atoms with E-state index in [-0.39, 0.29) is 25.9 Å². The molecule has 0 aliphatic heterocycles. The minimum Gasteiger partial charge on any atom is -0.480 e. The van der Waals surface area contributed by atoms with Crippen LogP contribution in [0.3, 0.4) is 0 Å². The minimum atomic E-state index is -1.28. The number of ether oxygens (including phenoxy) is 2. The van der Waals surface area contributed by atoms with Gasteiger partial charge in [-0.2, -0.15) is 0 Å². The second-order valence-electron chi connectivity index (χ2n) is 4.05. The summed E-state index contributed by atoms with van der Waals surface area (Å²) < 4.78 is 8.85. The maximum absolute atomic E-state index is 11.9. The molecule has 2 amide bonds. The zero-order chi connectivity index (χ0) is 16.4. The van der Waals surface area contributed by atoms with E-state index in [0.29, 0.717) is 0 Å². The third-order valence-corrected chi connectivity index (χ3v) is 2.68. The number of hydrogen-bond acceptors (Lipinski definition) is 6. The average molecular weight is 304 g/mol. The monoisotopic (exact) mass is 304 g/mol. The van der Waals surface area contributed by atoms with E-state index in [4.69, 9.17) is 5.11 Å². The molecular weight excluding hydrogens is 284 g/mol. The summed E-state index contributed by atoms with van der Waals surface area (Å²) in [5.41, 5.74) is 0. The molecule has 0 rings (SSSR count). The fourth-order valence-corrected chi connectivity index (χ4v) is 1.41. The van der Waals surface area contributed by atoms with Gasteiger partial charge in [0.25, 0.3) is 0 Å². The van der Waals surface area contributed by atoms with Crippen molar-refractivity contribution < 1.29 is 33.8 Å². The summed E-state index contributed by atoms with van der Waals surface area (Å²) in [5.74, 6) is -2.47. The fraction of sp³-hybridized carbons (Fsp3) is 0.667. The number of carbonyl (C=O) groups is 4. The van der Waals surface area contributed by atoms with Gasteiger partial charge in [0.15, 0.2) is 0 Å². The van der Waals surface area contributed by atoms with Crippen molar-refractivity contribution in [2.75, 3.05) is 27.3 Å². The summed E-state index contributed by atoms with van der Waals surface area (Å²) in [6.45, 7) is 1.54. The molecule has 2 N–H and O–H groups in total. The summed E-state index contributed by atoms with van der Waals surface area (Å²) in [6, 6.07) is -1.97. The van der Waals surface area contributed by atoms with Crippen LogP contribution in [0, 0.1) is 0 Å². The lowest BCUT2D eigenvalue weighted by Gasteiger charge is -2.22. The van der Waals surface area contributed by atoms with Gasteiger partial charge >= 0.3 is 23.9 Å². The summed E-state index contributed by atoms with van der Waals surface area (Å²) >= 11 is 0.